The van der Waals surface area contributed by atoms with E-state index >= 15 is 0 Å². The Kier molecular flexibility index (Phi) is 10.8. The largest absolute Gasteiger partial charge is 0.478 e. The molecule has 0 radical (unpaired) electrons. The van der Waals surface area contributed by atoms with Crippen molar-refractivity contribution in [3.8, 4) is 11.3 Å². The number of amides is 3. The molecule has 4 aromatic rings. The first-order valence-corrected chi connectivity index (χ1v) is 15.2. The van der Waals surface area contributed by atoms with Gasteiger partial charge in [-0.2, -0.15) is 0 Å². The fourth-order valence-corrected chi connectivity index (χ4v) is 5.78. The number of rotatable bonds is 6. The number of hydrogen-bond acceptors (Lipinski definition) is 9. The number of nitrogens with zero attached hydrogens (tertiary/aromatic N) is 4. The molecule has 0 aliphatic carbocycles. The number of aromatic carboxylic acids is 3. The maximum absolute atomic E-state index is 11.6. The minimum Gasteiger partial charge on any atom is -0.478 e. The fourth-order valence-electron chi connectivity index (χ4n) is 4.20. The Labute approximate surface area is 265 Å². The molecule has 4 N–H and O–H groups in total. The van der Waals surface area contributed by atoms with Gasteiger partial charge in [0.1, 0.15) is 0 Å². The second-order valence-corrected chi connectivity index (χ2v) is 11.1. The normalized spacial score (nSPS) is 13.4. The number of urea groups is 1. The fraction of sp³-hybridized carbons (Fsp3) is 0.167. The summed E-state index contributed by atoms with van der Waals surface area (Å²) in [5.74, 6) is -2.48. The Morgan fingerprint density at radius 1 is 0.956 bits per heavy atom. The summed E-state index contributed by atoms with van der Waals surface area (Å²) in [6.45, 7) is 3.69. The Morgan fingerprint density at radius 3 is 2.22 bits per heavy atom. The van der Waals surface area contributed by atoms with Crippen LogP contribution in [-0.4, -0.2) is 80.5 Å². The highest BCUT2D eigenvalue weighted by Crippen LogP contribution is 2.35. The Balaban J connectivity index is 0.000000154. The van der Waals surface area contributed by atoms with Crippen LogP contribution in [-0.2, 0) is 4.79 Å². The molecule has 2 aliphatic heterocycles. The number of aromatic nitrogens is 2. The topological polar surface area (TPSA) is 190 Å². The average Bonchev–Trinajstić information content (AvgIpc) is 3.72. The molecule has 1 saturated heterocycles. The number of carboxylic acids is 3. The van der Waals surface area contributed by atoms with Crippen molar-refractivity contribution in [3.63, 3.8) is 0 Å². The van der Waals surface area contributed by atoms with Gasteiger partial charge in [-0.15, -0.1) is 23.1 Å². The number of carbonyl (C=O) groups excluding carboxylic acids is 2. The van der Waals surface area contributed by atoms with Crippen molar-refractivity contribution in [3.05, 3.63) is 88.5 Å². The molecule has 0 bridgehead atoms. The molecular weight excluding hydrogens is 622 g/mol. The summed E-state index contributed by atoms with van der Waals surface area (Å²) < 4.78 is 0. The zero-order valence-corrected chi connectivity index (χ0v) is 25.4. The number of pyridine rings is 1. The summed E-state index contributed by atoms with van der Waals surface area (Å²) in [5, 5.41) is 30.8. The van der Waals surface area contributed by atoms with Gasteiger partial charge >= 0.3 is 23.9 Å². The van der Waals surface area contributed by atoms with Gasteiger partial charge in [0.15, 0.2) is 0 Å². The molecule has 1 fully saturated rings. The van der Waals surface area contributed by atoms with Crippen LogP contribution in [0.15, 0.2) is 77.3 Å². The van der Waals surface area contributed by atoms with E-state index in [1.54, 1.807) is 64.0 Å². The molecule has 0 saturated carbocycles. The van der Waals surface area contributed by atoms with Crippen LogP contribution < -0.4 is 15.1 Å². The standard InChI is InChI=1S/C11H11NO3S.C10H10N2O3.C9H6N2O2S/c1-2-12-8-5-7(11(14)15)3-4-9(8)16-6-10(12)13;13-9(14)7-1-3-8(4-2-7)12-6-5-11-10(12)15;12-9(13)8-11-7(5-14-8)6-2-1-3-10-4-6/h3-5H,2,6H2,1H3,(H,14,15);1-4H,5-6H2,(H,11,15)(H,13,14);1-5H,(H,12,13). The third kappa shape index (κ3) is 8.21. The van der Waals surface area contributed by atoms with Crippen LogP contribution in [0.2, 0.25) is 0 Å². The summed E-state index contributed by atoms with van der Waals surface area (Å²) in [5.41, 5.74) is 3.35. The molecule has 0 atom stereocenters. The van der Waals surface area contributed by atoms with Gasteiger partial charge in [0.05, 0.1) is 28.3 Å². The van der Waals surface area contributed by atoms with Gasteiger partial charge in [0.25, 0.3) is 0 Å². The van der Waals surface area contributed by atoms with Crippen LogP contribution in [0.4, 0.5) is 16.2 Å². The molecular formula is C30H27N5O8S2. The summed E-state index contributed by atoms with van der Waals surface area (Å²) in [4.78, 5) is 67.0. The molecule has 0 spiro atoms. The molecule has 2 aromatic heterocycles. The van der Waals surface area contributed by atoms with Gasteiger partial charge in [-0.3, -0.25) is 14.7 Å². The van der Waals surface area contributed by atoms with E-state index in [2.05, 4.69) is 15.3 Å². The van der Waals surface area contributed by atoms with E-state index in [0.717, 1.165) is 27.5 Å². The van der Waals surface area contributed by atoms with Crippen LogP contribution >= 0.6 is 23.1 Å². The quantitative estimate of drug-likeness (QED) is 0.227. The number of thiazole rings is 1. The van der Waals surface area contributed by atoms with Crippen LogP contribution in [0.1, 0.15) is 37.4 Å². The summed E-state index contributed by atoms with van der Waals surface area (Å²) in [6.07, 6.45) is 3.31. The van der Waals surface area contributed by atoms with Gasteiger partial charge in [0.2, 0.25) is 10.9 Å². The van der Waals surface area contributed by atoms with Gasteiger partial charge < -0.3 is 25.5 Å². The zero-order chi connectivity index (χ0) is 32.5. The van der Waals surface area contributed by atoms with E-state index in [1.165, 1.54) is 23.9 Å². The van der Waals surface area contributed by atoms with Gasteiger partial charge in [-0.05, 0) is 61.5 Å². The average molecular weight is 650 g/mol. The number of hydrogen-bond donors (Lipinski definition) is 4. The lowest BCUT2D eigenvalue weighted by Gasteiger charge is -2.27. The van der Waals surface area contributed by atoms with Crippen LogP contribution in [0, 0.1) is 0 Å². The van der Waals surface area contributed by atoms with Crippen LogP contribution in [0.5, 0.6) is 0 Å². The third-order valence-electron chi connectivity index (χ3n) is 6.39. The van der Waals surface area contributed by atoms with Crippen LogP contribution in [0.3, 0.4) is 0 Å². The van der Waals surface area contributed by atoms with Crippen molar-refractivity contribution in [2.45, 2.75) is 11.8 Å². The monoisotopic (exact) mass is 649 g/mol. The first kappa shape index (κ1) is 32.6. The predicted molar refractivity (Wildman–Crippen MR) is 169 cm³/mol. The highest BCUT2D eigenvalue weighted by atomic mass is 32.2. The number of benzene rings is 2. The van der Waals surface area contributed by atoms with Gasteiger partial charge in [0, 0.05) is 53.6 Å². The second-order valence-electron chi connectivity index (χ2n) is 9.23. The van der Waals surface area contributed by atoms with Crippen molar-refractivity contribution < 1.29 is 39.3 Å². The first-order valence-electron chi connectivity index (χ1n) is 13.4. The van der Waals surface area contributed by atoms with Crippen molar-refractivity contribution >= 4 is 64.3 Å². The number of carbonyl (C=O) groups is 5. The number of fused-ring (bicyclic) bond motifs is 1. The van der Waals surface area contributed by atoms with Gasteiger partial charge in [-0.1, -0.05) is 0 Å². The van der Waals surface area contributed by atoms with Crippen molar-refractivity contribution in [2.24, 2.45) is 0 Å². The highest BCUT2D eigenvalue weighted by Gasteiger charge is 2.24. The van der Waals surface area contributed by atoms with E-state index in [0.29, 0.717) is 36.8 Å². The van der Waals surface area contributed by atoms with E-state index in [-0.39, 0.29) is 28.1 Å². The third-order valence-corrected chi connectivity index (χ3v) is 8.27. The molecule has 13 nitrogen and oxygen atoms in total. The summed E-state index contributed by atoms with van der Waals surface area (Å²) in [6, 6.07) is 14.6. The number of nitrogens with one attached hydrogen (secondary N) is 1. The minimum absolute atomic E-state index is 0.0301. The molecule has 45 heavy (non-hydrogen) atoms. The van der Waals surface area contributed by atoms with E-state index in [4.69, 9.17) is 15.3 Å². The molecule has 2 aromatic carbocycles. The Bertz CT molecular complexity index is 1710. The Morgan fingerprint density at radius 2 is 1.67 bits per heavy atom. The summed E-state index contributed by atoms with van der Waals surface area (Å²) >= 11 is 2.57. The lowest BCUT2D eigenvalue weighted by molar-refractivity contribution is -0.116. The molecule has 232 valence electrons. The predicted octanol–water partition coefficient (Wildman–Crippen LogP) is 4.66. The lowest BCUT2D eigenvalue weighted by Crippen LogP contribution is -2.35. The maximum atomic E-state index is 11.6. The van der Waals surface area contributed by atoms with E-state index in [1.807, 2.05) is 13.0 Å². The van der Waals surface area contributed by atoms with E-state index < -0.39 is 17.9 Å². The zero-order valence-electron chi connectivity index (χ0n) is 23.7. The first-order chi connectivity index (χ1) is 21.6. The maximum Gasteiger partial charge on any atom is 0.365 e. The van der Waals surface area contributed by atoms with E-state index in [9.17, 15) is 24.0 Å². The Hall–Kier alpha value is -5.28. The van der Waals surface area contributed by atoms with Crippen molar-refractivity contribution in [1.29, 1.82) is 0 Å². The number of anilines is 2. The molecule has 2 aliphatic rings. The molecule has 4 heterocycles. The van der Waals surface area contributed by atoms with Crippen molar-refractivity contribution in [1.82, 2.24) is 15.3 Å². The smallest absolute Gasteiger partial charge is 0.365 e. The SMILES string of the molecule is CCN1C(=O)CSc2ccc(C(=O)O)cc21.O=C(O)c1ccc(N2CCNC2=O)cc1.O=C(O)c1nc(-c2cccnc2)cs1. The molecule has 0 unspecified atom stereocenters. The van der Waals surface area contributed by atoms with Gasteiger partial charge in [-0.25, -0.2) is 24.2 Å². The summed E-state index contributed by atoms with van der Waals surface area (Å²) in [7, 11) is 0. The van der Waals surface area contributed by atoms with Crippen LogP contribution in [0.25, 0.3) is 11.3 Å². The molecule has 15 heteroatoms. The second kappa shape index (κ2) is 14.9. The molecule has 6 rings (SSSR count). The lowest BCUT2D eigenvalue weighted by atomic mass is 10.2. The van der Waals surface area contributed by atoms with Crippen molar-refractivity contribution in [2.75, 3.05) is 35.2 Å². The minimum atomic E-state index is -0.995. The highest BCUT2D eigenvalue weighted by molar-refractivity contribution is 8.00. The number of thioether (sulfide) groups is 1. The molecule has 3 amide bonds. The number of carboxylic acid groups (broad SMARTS) is 3.